The van der Waals surface area contributed by atoms with Crippen LogP contribution in [0.3, 0.4) is 0 Å². The normalized spacial score (nSPS) is 12.3. The van der Waals surface area contributed by atoms with Gasteiger partial charge in [-0.3, -0.25) is 4.98 Å². The van der Waals surface area contributed by atoms with Gasteiger partial charge in [-0.25, -0.2) is 13.1 Å². The topological polar surface area (TPSA) is 85.1 Å². The highest BCUT2D eigenvalue weighted by Crippen LogP contribution is 2.39. The Labute approximate surface area is 200 Å². The first kappa shape index (κ1) is 22.9. The molecule has 4 aromatic rings. The third-order valence-electron chi connectivity index (χ3n) is 4.78. The van der Waals surface area contributed by atoms with Gasteiger partial charge in [0.15, 0.2) is 9.84 Å². The smallest absolute Gasteiger partial charge is 0.175 e. The molecule has 0 saturated heterocycles. The molecule has 0 aliphatic carbocycles. The number of aromatic nitrogens is 3. The molecule has 3 aromatic heterocycles. The van der Waals surface area contributed by atoms with Gasteiger partial charge in [0.05, 0.1) is 31.2 Å². The number of hydrogen-bond donors (Lipinski definition) is 1. The molecular formula is C22H19Cl2N3O3S2. The number of benzene rings is 1. The molecule has 0 radical (unpaired) electrons. The third-order valence-corrected chi connectivity index (χ3v) is 7.60. The first-order valence-electron chi connectivity index (χ1n) is 9.48. The fourth-order valence-electron chi connectivity index (χ4n) is 3.14. The molecule has 0 spiro atoms. The summed E-state index contributed by atoms with van der Waals surface area (Å²) in [5.74, 6) is 0. The Bertz CT molecular complexity index is 1400. The van der Waals surface area contributed by atoms with Gasteiger partial charge in [0, 0.05) is 23.5 Å². The highest BCUT2D eigenvalue weighted by Gasteiger charge is 2.25. The highest BCUT2D eigenvalue weighted by atomic mass is 35.5. The van der Waals surface area contributed by atoms with Crippen LogP contribution in [0.2, 0.25) is 10.0 Å². The molecule has 10 heteroatoms. The summed E-state index contributed by atoms with van der Waals surface area (Å²) in [6.45, 7) is 3.30. The number of nitrogens with zero attached hydrogens (tertiary/aromatic N) is 3. The van der Waals surface area contributed by atoms with Gasteiger partial charge in [-0.1, -0.05) is 35.3 Å². The second kappa shape index (κ2) is 8.28. The fourth-order valence-corrected chi connectivity index (χ4v) is 5.34. The third kappa shape index (κ3) is 4.46. The molecule has 0 aliphatic rings. The number of halogens is 2. The number of aliphatic hydroxyl groups is 1. The Morgan fingerprint density at radius 3 is 2.31 bits per heavy atom. The molecule has 1 aromatic carbocycles. The molecule has 0 fully saturated rings. The van der Waals surface area contributed by atoms with Crippen LogP contribution in [0.5, 0.6) is 0 Å². The van der Waals surface area contributed by atoms with Crippen molar-refractivity contribution in [3.05, 3.63) is 70.6 Å². The Morgan fingerprint density at radius 2 is 1.69 bits per heavy atom. The number of sulfone groups is 1. The molecule has 0 amide bonds. The van der Waals surface area contributed by atoms with Crippen molar-refractivity contribution in [3.63, 3.8) is 0 Å². The van der Waals surface area contributed by atoms with E-state index in [0.29, 0.717) is 27.1 Å². The van der Waals surface area contributed by atoms with Gasteiger partial charge in [-0.15, -0.1) is 11.3 Å². The van der Waals surface area contributed by atoms with E-state index in [0.717, 1.165) is 15.3 Å². The Hall–Kier alpha value is -2.23. The number of pyridine rings is 1. The van der Waals surface area contributed by atoms with E-state index in [-0.39, 0.29) is 4.90 Å². The van der Waals surface area contributed by atoms with E-state index in [9.17, 15) is 13.5 Å². The summed E-state index contributed by atoms with van der Waals surface area (Å²) in [5, 5.41) is 15.8. The van der Waals surface area contributed by atoms with Gasteiger partial charge in [0.1, 0.15) is 11.3 Å². The molecule has 166 valence electrons. The van der Waals surface area contributed by atoms with E-state index in [2.05, 4.69) is 10.1 Å². The number of hydrogen-bond acceptors (Lipinski definition) is 6. The molecule has 0 bridgehead atoms. The Morgan fingerprint density at radius 1 is 1.03 bits per heavy atom. The lowest BCUT2D eigenvalue weighted by atomic mass is 10.1. The Balaban J connectivity index is 1.87. The summed E-state index contributed by atoms with van der Waals surface area (Å²) in [5.41, 5.74) is 1.20. The highest BCUT2D eigenvalue weighted by molar-refractivity contribution is 7.90. The molecule has 1 N–H and O–H groups in total. The lowest BCUT2D eigenvalue weighted by Gasteiger charge is -2.13. The molecule has 0 saturated carbocycles. The van der Waals surface area contributed by atoms with Crippen LogP contribution in [0, 0.1) is 0 Å². The van der Waals surface area contributed by atoms with E-state index in [1.54, 1.807) is 42.8 Å². The largest absolute Gasteiger partial charge is 0.384 e. The molecule has 0 unspecified atom stereocenters. The van der Waals surface area contributed by atoms with Crippen molar-refractivity contribution in [1.82, 2.24) is 14.8 Å². The van der Waals surface area contributed by atoms with Crippen LogP contribution >= 0.6 is 34.5 Å². The average molecular weight is 508 g/mol. The first-order chi connectivity index (χ1) is 14.9. The summed E-state index contributed by atoms with van der Waals surface area (Å²) in [6.07, 6.45) is 4.15. The zero-order chi connectivity index (χ0) is 23.3. The second-order valence-corrected chi connectivity index (χ2v) is 11.7. The molecule has 6 nitrogen and oxygen atoms in total. The molecular weight excluding hydrogens is 489 g/mol. The van der Waals surface area contributed by atoms with Crippen LogP contribution in [-0.4, -0.2) is 34.5 Å². The van der Waals surface area contributed by atoms with Crippen molar-refractivity contribution in [2.45, 2.75) is 24.3 Å². The van der Waals surface area contributed by atoms with Gasteiger partial charge < -0.3 is 5.11 Å². The maximum atomic E-state index is 11.9. The van der Waals surface area contributed by atoms with E-state index in [1.807, 2.05) is 18.2 Å². The van der Waals surface area contributed by atoms with Crippen molar-refractivity contribution in [3.8, 4) is 26.7 Å². The van der Waals surface area contributed by atoms with Crippen LogP contribution in [-0.2, 0) is 15.4 Å². The fraction of sp³-hybridized carbons (Fsp3) is 0.182. The zero-order valence-electron chi connectivity index (χ0n) is 17.4. The minimum Gasteiger partial charge on any atom is -0.384 e. The molecule has 3 heterocycles. The van der Waals surface area contributed by atoms with E-state index in [1.165, 1.54) is 30.0 Å². The second-order valence-electron chi connectivity index (χ2n) is 7.80. The minimum absolute atomic E-state index is 0.259. The number of rotatable bonds is 5. The minimum atomic E-state index is -3.32. The van der Waals surface area contributed by atoms with Crippen molar-refractivity contribution in [1.29, 1.82) is 0 Å². The summed E-state index contributed by atoms with van der Waals surface area (Å²) in [4.78, 5) is 5.99. The average Bonchev–Trinajstić information content (AvgIpc) is 3.34. The van der Waals surface area contributed by atoms with Crippen molar-refractivity contribution >= 4 is 44.4 Å². The molecule has 32 heavy (non-hydrogen) atoms. The van der Waals surface area contributed by atoms with Crippen LogP contribution in [0.1, 0.15) is 19.5 Å². The SMILES string of the molecule is CC(C)(O)c1cc(-c2ccc(-c3cccc(S(C)(=O)=O)c3)s2)n(-c2c(Cl)cncc2Cl)n1. The lowest BCUT2D eigenvalue weighted by molar-refractivity contribution is 0.0734. The summed E-state index contributed by atoms with van der Waals surface area (Å²) >= 11 is 14.2. The van der Waals surface area contributed by atoms with Gasteiger partial charge in [-0.05, 0) is 49.7 Å². The first-order valence-corrected chi connectivity index (χ1v) is 12.9. The molecule has 0 aliphatic heterocycles. The Kier molecular flexibility index (Phi) is 5.94. The number of thiophene rings is 1. The van der Waals surface area contributed by atoms with E-state index in [4.69, 9.17) is 23.2 Å². The molecule has 0 atom stereocenters. The van der Waals surface area contributed by atoms with Crippen molar-refractivity contribution < 1.29 is 13.5 Å². The summed E-state index contributed by atoms with van der Waals surface area (Å²) in [7, 11) is -3.32. The van der Waals surface area contributed by atoms with Crippen LogP contribution in [0.25, 0.3) is 26.7 Å². The molecule has 4 rings (SSSR count). The van der Waals surface area contributed by atoms with E-state index < -0.39 is 15.4 Å². The standard InChI is InChI=1S/C22H19Cl2N3O3S2/c1-22(2,28)20-10-17(27(26-20)21-15(23)11-25-12-16(21)24)19-8-7-18(31-19)13-5-4-6-14(9-13)32(3,29)30/h4-12,28H,1-3H3. The monoisotopic (exact) mass is 507 g/mol. The zero-order valence-corrected chi connectivity index (χ0v) is 20.5. The summed E-state index contributed by atoms with van der Waals surface area (Å²) < 4.78 is 25.5. The van der Waals surface area contributed by atoms with Crippen LogP contribution in [0.4, 0.5) is 0 Å². The van der Waals surface area contributed by atoms with Gasteiger partial charge >= 0.3 is 0 Å². The van der Waals surface area contributed by atoms with Crippen molar-refractivity contribution in [2.24, 2.45) is 0 Å². The maximum absolute atomic E-state index is 11.9. The van der Waals surface area contributed by atoms with Crippen molar-refractivity contribution in [2.75, 3.05) is 6.26 Å². The quantitative estimate of drug-likeness (QED) is 0.379. The summed E-state index contributed by atoms with van der Waals surface area (Å²) in [6, 6.07) is 12.4. The van der Waals surface area contributed by atoms with Gasteiger partial charge in [0.2, 0.25) is 0 Å². The maximum Gasteiger partial charge on any atom is 0.175 e. The predicted octanol–water partition coefficient (Wildman–Crippen LogP) is 5.60. The van der Waals surface area contributed by atoms with Gasteiger partial charge in [-0.2, -0.15) is 5.10 Å². The van der Waals surface area contributed by atoms with Gasteiger partial charge in [0.25, 0.3) is 0 Å². The van der Waals surface area contributed by atoms with Crippen LogP contribution < -0.4 is 0 Å². The van der Waals surface area contributed by atoms with Crippen LogP contribution in [0.15, 0.2) is 59.8 Å². The predicted molar refractivity (Wildman–Crippen MR) is 128 cm³/mol. The lowest BCUT2D eigenvalue weighted by Crippen LogP contribution is -2.16. The van der Waals surface area contributed by atoms with E-state index >= 15 is 0 Å².